The molecule has 0 atom stereocenters. The van der Waals surface area contributed by atoms with Gasteiger partial charge in [-0.2, -0.15) is 0 Å². The molecule has 3 aromatic rings. The van der Waals surface area contributed by atoms with Crippen LogP contribution in [0.25, 0.3) is 0 Å². The summed E-state index contributed by atoms with van der Waals surface area (Å²) in [7, 11) is 0. The van der Waals surface area contributed by atoms with E-state index in [0.29, 0.717) is 5.69 Å². The number of halogens is 1. The van der Waals surface area contributed by atoms with Gasteiger partial charge in [-0.15, -0.1) is 17.0 Å². The molecule has 0 aliphatic rings. The molecule has 3 aromatic heterocycles. The number of carboxylic acids is 2. The van der Waals surface area contributed by atoms with Crippen molar-refractivity contribution < 1.29 is 19.8 Å². The number of hydrogen-bond acceptors (Lipinski definition) is 5. The Balaban J connectivity index is 0.000000400. The quantitative estimate of drug-likeness (QED) is 0.652. The first kappa shape index (κ1) is 22.9. The Bertz CT molecular complexity index is 702. The SMILES string of the molecule is Br.Cc1ncc(C(=O)O)cc1C(=O)O.c1ccncc1.c1ccncc1. The Labute approximate surface area is 161 Å². The highest BCUT2D eigenvalue weighted by atomic mass is 79.9. The van der Waals surface area contributed by atoms with Crippen molar-refractivity contribution in [3.05, 3.63) is 90.3 Å². The molecule has 26 heavy (non-hydrogen) atoms. The van der Waals surface area contributed by atoms with Gasteiger partial charge in [0.2, 0.25) is 0 Å². The highest BCUT2D eigenvalue weighted by molar-refractivity contribution is 8.93. The van der Waals surface area contributed by atoms with Gasteiger partial charge in [-0.05, 0) is 37.3 Å². The molecular formula is C18H18BrN3O4. The van der Waals surface area contributed by atoms with E-state index in [1.54, 1.807) is 24.8 Å². The van der Waals surface area contributed by atoms with E-state index in [1.165, 1.54) is 6.92 Å². The second-order valence-corrected chi connectivity index (χ2v) is 4.52. The number of rotatable bonds is 2. The molecule has 136 valence electrons. The van der Waals surface area contributed by atoms with Crippen LogP contribution >= 0.6 is 17.0 Å². The number of aromatic nitrogens is 3. The summed E-state index contributed by atoms with van der Waals surface area (Å²) < 4.78 is 0. The maximum absolute atomic E-state index is 10.6. The van der Waals surface area contributed by atoms with Crippen LogP contribution in [-0.2, 0) is 0 Å². The van der Waals surface area contributed by atoms with Crippen LogP contribution < -0.4 is 0 Å². The standard InChI is InChI=1S/C8H7NO4.2C5H5N.BrH/c1-4-6(8(12)13)2-5(3-9-4)7(10)11;2*1-2-4-6-5-3-1;/h2-3H,1H3,(H,10,11)(H,12,13);2*1-5H;1H. The fourth-order valence-corrected chi connectivity index (χ4v) is 1.49. The third-order valence-corrected chi connectivity index (χ3v) is 2.70. The normalized spacial score (nSPS) is 8.50. The summed E-state index contributed by atoms with van der Waals surface area (Å²) in [5, 5.41) is 17.2. The van der Waals surface area contributed by atoms with E-state index >= 15 is 0 Å². The Morgan fingerprint density at radius 3 is 1.54 bits per heavy atom. The zero-order chi connectivity index (χ0) is 18.5. The van der Waals surface area contributed by atoms with Crippen LogP contribution in [0, 0.1) is 6.92 Å². The van der Waals surface area contributed by atoms with Crippen LogP contribution in [0.1, 0.15) is 26.4 Å². The summed E-state index contributed by atoms with van der Waals surface area (Å²) in [6.45, 7) is 1.51. The number of hydrogen-bond donors (Lipinski definition) is 2. The van der Waals surface area contributed by atoms with Gasteiger partial charge in [0.25, 0.3) is 0 Å². The molecule has 0 aromatic carbocycles. The second-order valence-electron chi connectivity index (χ2n) is 4.52. The maximum Gasteiger partial charge on any atom is 0.337 e. The number of nitrogens with zero attached hydrogens (tertiary/aromatic N) is 3. The lowest BCUT2D eigenvalue weighted by atomic mass is 10.1. The summed E-state index contributed by atoms with van der Waals surface area (Å²) in [4.78, 5) is 32.2. The predicted octanol–water partition coefficient (Wildman–Crippen LogP) is 3.53. The number of carbonyl (C=O) groups is 2. The minimum absolute atomic E-state index is 0. The average molecular weight is 420 g/mol. The van der Waals surface area contributed by atoms with Crippen molar-refractivity contribution in [1.29, 1.82) is 0 Å². The van der Waals surface area contributed by atoms with Crippen LogP contribution in [0.2, 0.25) is 0 Å². The zero-order valence-electron chi connectivity index (χ0n) is 13.9. The van der Waals surface area contributed by atoms with E-state index in [-0.39, 0.29) is 28.1 Å². The first-order chi connectivity index (χ1) is 12.0. The Hall–Kier alpha value is -3.13. The molecule has 3 rings (SSSR count). The summed E-state index contributed by atoms with van der Waals surface area (Å²) >= 11 is 0. The van der Waals surface area contributed by atoms with Gasteiger partial charge in [0.1, 0.15) is 0 Å². The Morgan fingerprint density at radius 1 is 0.808 bits per heavy atom. The minimum Gasteiger partial charge on any atom is -0.478 e. The third-order valence-electron chi connectivity index (χ3n) is 2.70. The van der Waals surface area contributed by atoms with Gasteiger partial charge in [-0.1, -0.05) is 12.1 Å². The molecule has 0 saturated heterocycles. The Morgan fingerprint density at radius 2 is 1.27 bits per heavy atom. The van der Waals surface area contributed by atoms with Gasteiger partial charge in [-0.25, -0.2) is 9.59 Å². The molecule has 0 aliphatic heterocycles. The topological polar surface area (TPSA) is 113 Å². The van der Waals surface area contributed by atoms with E-state index < -0.39 is 11.9 Å². The molecule has 0 saturated carbocycles. The van der Waals surface area contributed by atoms with Crippen molar-refractivity contribution in [2.24, 2.45) is 0 Å². The van der Waals surface area contributed by atoms with Gasteiger partial charge in [0.05, 0.1) is 16.8 Å². The summed E-state index contributed by atoms with van der Waals surface area (Å²) in [6, 6.07) is 12.5. The molecule has 0 radical (unpaired) electrons. The predicted molar refractivity (Wildman–Crippen MR) is 102 cm³/mol. The van der Waals surface area contributed by atoms with Crippen molar-refractivity contribution in [3.63, 3.8) is 0 Å². The van der Waals surface area contributed by atoms with Gasteiger partial charge in [0.15, 0.2) is 0 Å². The molecule has 7 nitrogen and oxygen atoms in total. The molecule has 0 spiro atoms. The fraction of sp³-hybridized carbons (Fsp3) is 0.0556. The first-order valence-corrected chi connectivity index (χ1v) is 7.15. The van der Waals surface area contributed by atoms with Crippen LogP contribution in [-0.4, -0.2) is 37.1 Å². The van der Waals surface area contributed by atoms with Crippen molar-refractivity contribution >= 4 is 28.9 Å². The second kappa shape index (κ2) is 13.2. The largest absolute Gasteiger partial charge is 0.478 e. The lowest BCUT2D eigenvalue weighted by Crippen LogP contribution is -2.06. The molecular weight excluding hydrogens is 402 g/mol. The van der Waals surface area contributed by atoms with Crippen molar-refractivity contribution in [1.82, 2.24) is 15.0 Å². The smallest absolute Gasteiger partial charge is 0.337 e. The Kier molecular flexibility index (Phi) is 11.6. The van der Waals surface area contributed by atoms with E-state index in [2.05, 4.69) is 15.0 Å². The summed E-state index contributed by atoms with van der Waals surface area (Å²) in [5.74, 6) is -2.36. The lowest BCUT2D eigenvalue weighted by Gasteiger charge is -2.00. The van der Waals surface area contributed by atoms with E-state index in [9.17, 15) is 9.59 Å². The molecule has 0 bridgehead atoms. The molecule has 2 N–H and O–H groups in total. The van der Waals surface area contributed by atoms with Crippen molar-refractivity contribution in [2.75, 3.05) is 0 Å². The summed E-state index contributed by atoms with van der Waals surface area (Å²) in [5.41, 5.74) is 0.0976. The van der Waals surface area contributed by atoms with Crippen molar-refractivity contribution in [3.8, 4) is 0 Å². The molecule has 0 unspecified atom stereocenters. The molecule has 0 aliphatic carbocycles. The van der Waals surface area contributed by atoms with Gasteiger partial charge in [-0.3, -0.25) is 15.0 Å². The van der Waals surface area contributed by atoms with Crippen LogP contribution in [0.5, 0.6) is 0 Å². The average Bonchev–Trinajstić information content (AvgIpc) is 2.65. The summed E-state index contributed by atoms with van der Waals surface area (Å²) in [6.07, 6.45) is 8.13. The molecule has 0 amide bonds. The highest BCUT2D eigenvalue weighted by Crippen LogP contribution is 2.07. The van der Waals surface area contributed by atoms with Crippen LogP contribution in [0.3, 0.4) is 0 Å². The first-order valence-electron chi connectivity index (χ1n) is 7.15. The number of pyridine rings is 3. The van der Waals surface area contributed by atoms with Crippen LogP contribution in [0.15, 0.2) is 73.4 Å². The minimum atomic E-state index is -1.19. The fourth-order valence-electron chi connectivity index (χ4n) is 1.49. The number of aryl methyl sites for hydroxylation is 1. The van der Waals surface area contributed by atoms with E-state index in [4.69, 9.17) is 10.2 Å². The molecule has 8 heteroatoms. The molecule has 3 heterocycles. The monoisotopic (exact) mass is 419 g/mol. The van der Waals surface area contributed by atoms with Crippen LogP contribution in [0.4, 0.5) is 0 Å². The van der Waals surface area contributed by atoms with Gasteiger partial charge < -0.3 is 10.2 Å². The molecule has 0 fully saturated rings. The van der Waals surface area contributed by atoms with Crippen molar-refractivity contribution in [2.45, 2.75) is 6.92 Å². The van der Waals surface area contributed by atoms with E-state index in [0.717, 1.165) is 12.3 Å². The third kappa shape index (κ3) is 9.24. The van der Waals surface area contributed by atoms with E-state index in [1.807, 2.05) is 36.4 Å². The lowest BCUT2D eigenvalue weighted by molar-refractivity contribution is 0.0695. The maximum atomic E-state index is 10.6. The highest BCUT2D eigenvalue weighted by Gasteiger charge is 2.11. The number of aromatic carboxylic acids is 2. The van der Waals surface area contributed by atoms with Gasteiger partial charge >= 0.3 is 11.9 Å². The van der Waals surface area contributed by atoms with Gasteiger partial charge in [0, 0.05) is 31.0 Å². The zero-order valence-corrected chi connectivity index (χ0v) is 15.6. The number of carboxylic acid groups (broad SMARTS) is 2.